The lowest BCUT2D eigenvalue weighted by Crippen LogP contribution is -2.28. The Morgan fingerprint density at radius 3 is 1.66 bits per heavy atom. The number of phenols is 1. The first-order valence-electron chi connectivity index (χ1n) is 22.7. The number of hydrogen-bond donors (Lipinski definition) is 5. The van der Waals surface area contributed by atoms with Crippen LogP contribution < -0.4 is 15.9 Å². The van der Waals surface area contributed by atoms with Crippen molar-refractivity contribution in [1.82, 2.24) is 5.32 Å². The second-order valence-corrected chi connectivity index (χ2v) is 21.3. The van der Waals surface area contributed by atoms with Gasteiger partial charge in [0.15, 0.2) is 5.75 Å². The number of fused-ring (bicyclic) bond motifs is 1. The maximum Gasteiger partial charge on any atom is 0.296 e. The number of phenolic OH excluding ortho intramolecular Hbond substituents is 1. The fourth-order valence-electron chi connectivity index (χ4n) is 6.68. The molecule has 0 bridgehead atoms. The molecule has 4 aromatic carbocycles. The van der Waals surface area contributed by atoms with Crippen molar-refractivity contribution in [2.75, 3.05) is 118 Å². The highest BCUT2D eigenvalue weighted by atomic mass is 32.5. The Morgan fingerprint density at radius 2 is 1.14 bits per heavy atom. The molecule has 0 saturated heterocycles. The van der Waals surface area contributed by atoms with Crippen LogP contribution in [0.4, 0.5) is 17.1 Å². The van der Waals surface area contributed by atoms with Gasteiger partial charge in [-0.3, -0.25) is 18.7 Å². The molecule has 0 fully saturated rings. The largest absolute Gasteiger partial charge is 0.780 e. The number of amides is 1. The van der Waals surface area contributed by atoms with E-state index in [9.17, 15) is 45.5 Å². The van der Waals surface area contributed by atoms with Crippen molar-refractivity contribution in [3.05, 3.63) is 71.3 Å². The first-order chi connectivity index (χ1) is 34.7. The van der Waals surface area contributed by atoms with Crippen molar-refractivity contribution >= 4 is 78.3 Å². The van der Waals surface area contributed by atoms with Gasteiger partial charge in [-0.05, 0) is 65.9 Å². The average molecular weight is 1100 g/mol. The van der Waals surface area contributed by atoms with Gasteiger partial charge in [-0.25, -0.2) is 0 Å². The predicted octanol–water partition coefficient (Wildman–Crippen LogP) is 4.69. The first kappa shape index (κ1) is 61.1. The number of nitrogens with zero attached hydrogens (tertiary/aromatic N) is 2. The number of rotatable bonds is 36. The van der Waals surface area contributed by atoms with E-state index in [1.807, 2.05) is 31.2 Å². The molecular weight excluding hydrogens is 1040 g/mol. The molecule has 1 amide bonds. The van der Waals surface area contributed by atoms with E-state index in [1.165, 1.54) is 6.07 Å². The third-order valence-corrected chi connectivity index (χ3v) is 13.8. The molecule has 1 unspecified atom stereocenters. The number of nitrogen functional groups attached to an aromatic ring is 1. The van der Waals surface area contributed by atoms with Gasteiger partial charge in [0.2, 0.25) is 5.91 Å². The normalized spacial score (nSPS) is 13.0. The summed E-state index contributed by atoms with van der Waals surface area (Å²) in [5, 5.41) is 21.1. The number of Topliss-reactive ketones (excluding diaryl/α,β-unsaturated/α-hetero) is 1. The van der Waals surface area contributed by atoms with Gasteiger partial charge in [-0.15, -0.1) is 5.11 Å². The van der Waals surface area contributed by atoms with Crippen molar-refractivity contribution < 1.29 is 87.7 Å². The Kier molecular flexibility index (Phi) is 25.8. The number of nitrogens with one attached hydrogen (secondary N) is 1. The summed E-state index contributed by atoms with van der Waals surface area (Å²) >= 11 is 4.89. The van der Waals surface area contributed by atoms with Crippen molar-refractivity contribution in [3.8, 4) is 16.9 Å². The molecule has 0 aliphatic heterocycles. The Hall–Kier alpha value is -4.45. The Balaban J connectivity index is 1.08. The molecule has 4 rings (SSSR count). The second kappa shape index (κ2) is 30.8. The fraction of sp³-hybridized carbons (Fsp3) is 0.478. The second-order valence-electron chi connectivity index (χ2n) is 15.8. The zero-order chi connectivity index (χ0) is 53.4. The monoisotopic (exact) mass is 1100 g/mol. The number of carbonyl (C=O) groups excluding carboxylic acids is 2. The summed E-state index contributed by atoms with van der Waals surface area (Å²) < 4.78 is 115. The zero-order valence-electron chi connectivity index (χ0n) is 40.6. The average Bonchev–Trinajstić information content (AvgIpc) is 3.32. The van der Waals surface area contributed by atoms with Gasteiger partial charge in [0, 0.05) is 38.3 Å². The highest BCUT2D eigenvalue weighted by Crippen LogP contribution is 2.44. The molecule has 23 nitrogen and oxygen atoms in total. The van der Waals surface area contributed by atoms with Crippen LogP contribution in [0.25, 0.3) is 21.9 Å². The van der Waals surface area contributed by atoms with E-state index in [4.69, 9.17) is 59.7 Å². The third kappa shape index (κ3) is 21.4. The van der Waals surface area contributed by atoms with E-state index in [-0.39, 0.29) is 81.6 Å². The minimum atomic E-state index is -5.07. The molecule has 6 N–H and O–H groups in total. The number of methoxy groups -OCH3 is 1. The number of anilines is 1. The molecule has 0 aliphatic rings. The van der Waals surface area contributed by atoms with E-state index < -0.39 is 53.6 Å². The summed E-state index contributed by atoms with van der Waals surface area (Å²) in [6.07, 6.45) is 0.155. The van der Waals surface area contributed by atoms with E-state index in [2.05, 4.69) is 15.5 Å². The topological polar surface area (TPSA) is 332 Å². The van der Waals surface area contributed by atoms with E-state index in [0.717, 1.165) is 28.3 Å². The van der Waals surface area contributed by atoms with Crippen LogP contribution in [0.15, 0.2) is 74.6 Å². The molecule has 404 valence electrons. The van der Waals surface area contributed by atoms with Gasteiger partial charge in [-0.1, -0.05) is 42.1 Å². The van der Waals surface area contributed by atoms with Crippen LogP contribution in [0.2, 0.25) is 0 Å². The van der Waals surface area contributed by atoms with Gasteiger partial charge < -0.3 is 63.3 Å². The SMILES string of the molecule is COCCOCCOCCOCCOCCOCCOP([O-])(=S)OCCOCCNC(=O)CCC(=O)Cc1ccc(-c2ccc(N=Nc3ccc4c(S(=O)(=O)O)cc(S(=O)(=O)O)c(N)c4c3O)c(C)c2)cc1C. The zero-order valence-corrected chi connectivity index (χ0v) is 44.0. The summed E-state index contributed by atoms with van der Waals surface area (Å²) in [7, 11) is -8.48. The fourth-order valence-corrected chi connectivity index (χ4v) is 9.23. The standard InChI is InChI=1S/C46H63N4O19PS3/c1-32-28-35(36-6-9-39(33(2)29-36)49-50-40-10-8-38-41(72(55,56)57)31-42(73(58,59)60)45(47)44(38)46(40)53)5-4-34(32)30-37(51)7-11-43(52)48-12-13-62-24-26-68-70(54,71)69-27-25-67-23-22-66-21-20-65-19-18-64-17-16-63-15-14-61-3/h4-6,8-10,28-29,31,53H,7,11-27,30,47H2,1-3H3,(H,48,52)(H,54,71)(H,55,56,57)(H,58,59,60)/p-1. The molecular formula is C46H62N4O19PS3-. The number of ketones is 1. The van der Waals surface area contributed by atoms with E-state index >= 15 is 0 Å². The number of azo groups is 1. The molecule has 0 spiro atoms. The first-order valence-corrected chi connectivity index (χ1v) is 28.1. The van der Waals surface area contributed by atoms with Crippen LogP contribution in [0.1, 0.15) is 29.5 Å². The number of hydrogen-bond acceptors (Lipinski definition) is 21. The van der Waals surface area contributed by atoms with Crippen LogP contribution in [-0.2, 0) is 90.3 Å². The Morgan fingerprint density at radius 1 is 0.658 bits per heavy atom. The van der Waals surface area contributed by atoms with E-state index in [1.54, 1.807) is 26.2 Å². The van der Waals surface area contributed by atoms with E-state index in [0.29, 0.717) is 83.4 Å². The number of aromatic hydroxyl groups is 1. The molecule has 0 heterocycles. The van der Waals surface area contributed by atoms with Crippen LogP contribution in [-0.4, -0.2) is 155 Å². The van der Waals surface area contributed by atoms with Crippen molar-refractivity contribution in [1.29, 1.82) is 0 Å². The smallest absolute Gasteiger partial charge is 0.296 e. The summed E-state index contributed by atoms with van der Waals surface area (Å²) in [6.45, 7) is 4.73. The van der Waals surface area contributed by atoms with Gasteiger partial charge in [0.25, 0.3) is 20.2 Å². The Labute approximate surface area is 429 Å². The highest BCUT2D eigenvalue weighted by Gasteiger charge is 2.27. The van der Waals surface area contributed by atoms with Crippen LogP contribution in [0.3, 0.4) is 0 Å². The summed E-state index contributed by atoms with van der Waals surface area (Å²) in [4.78, 5) is 35.6. The number of ether oxygens (including phenoxy) is 7. The number of carbonyl (C=O) groups is 2. The minimum absolute atomic E-state index is 0.00700. The lowest BCUT2D eigenvalue weighted by molar-refractivity contribution is -0.208. The maximum absolute atomic E-state index is 12.8. The molecule has 73 heavy (non-hydrogen) atoms. The van der Waals surface area contributed by atoms with Gasteiger partial charge in [-0.2, -0.15) is 21.9 Å². The predicted molar refractivity (Wildman–Crippen MR) is 269 cm³/mol. The van der Waals surface area contributed by atoms with Gasteiger partial charge in [0.1, 0.15) is 28.0 Å². The molecule has 0 aromatic heterocycles. The third-order valence-electron chi connectivity index (χ3n) is 10.4. The highest BCUT2D eigenvalue weighted by molar-refractivity contribution is 8.06. The molecule has 4 aromatic rings. The number of nitrogens with two attached hydrogens (primary N) is 1. The molecule has 0 radical (unpaired) electrons. The summed E-state index contributed by atoms with van der Waals surface area (Å²) in [5.74, 6) is -1.18. The lowest BCUT2D eigenvalue weighted by atomic mass is 9.95. The minimum Gasteiger partial charge on any atom is -0.780 e. The van der Waals surface area contributed by atoms with Gasteiger partial charge in [0.05, 0.1) is 116 Å². The van der Waals surface area contributed by atoms with Crippen LogP contribution >= 0.6 is 6.72 Å². The summed E-state index contributed by atoms with van der Waals surface area (Å²) in [6, 6.07) is 13.8. The van der Waals surface area contributed by atoms with Crippen molar-refractivity contribution in [2.24, 2.45) is 10.2 Å². The molecule has 0 aliphatic carbocycles. The lowest BCUT2D eigenvalue weighted by Gasteiger charge is -2.27. The van der Waals surface area contributed by atoms with Crippen LogP contribution in [0, 0.1) is 13.8 Å². The van der Waals surface area contributed by atoms with Crippen LogP contribution in [0.5, 0.6) is 5.75 Å². The van der Waals surface area contributed by atoms with Gasteiger partial charge >= 0.3 is 0 Å². The molecule has 27 heteroatoms. The van der Waals surface area contributed by atoms with Crippen molar-refractivity contribution in [2.45, 2.75) is 42.9 Å². The Bertz CT molecular complexity index is 2770. The quantitative estimate of drug-likeness (QED) is 0.0136. The maximum atomic E-state index is 12.8. The summed E-state index contributed by atoms with van der Waals surface area (Å²) in [5.41, 5.74) is 9.43. The molecule has 1 atom stereocenters. The number of benzene rings is 4. The van der Waals surface area contributed by atoms with Crippen molar-refractivity contribution in [3.63, 3.8) is 0 Å². The molecule has 0 saturated carbocycles. The number of aryl methyl sites for hydroxylation is 2.